The summed E-state index contributed by atoms with van der Waals surface area (Å²) in [5.74, 6) is 0.926. The van der Waals surface area contributed by atoms with Crippen molar-refractivity contribution in [2.75, 3.05) is 11.9 Å². The maximum absolute atomic E-state index is 11.8. The highest BCUT2D eigenvalue weighted by Gasteiger charge is 2.09. The van der Waals surface area contributed by atoms with Gasteiger partial charge in [0, 0.05) is 17.8 Å². The number of anilines is 1. The second kappa shape index (κ2) is 7.61. The molecular weight excluding hydrogens is 282 g/mol. The summed E-state index contributed by atoms with van der Waals surface area (Å²) >= 11 is 0. The Hall–Kier alpha value is -2.34. The molecule has 1 aromatic heterocycles. The molecule has 0 bridgehead atoms. The molecule has 118 valence electrons. The van der Waals surface area contributed by atoms with Crippen molar-refractivity contribution >= 4 is 11.7 Å². The van der Waals surface area contributed by atoms with Crippen LogP contribution in [-0.4, -0.2) is 28.8 Å². The van der Waals surface area contributed by atoms with E-state index in [0.29, 0.717) is 23.9 Å². The van der Waals surface area contributed by atoms with Crippen molar-refractivity contribution in [3.63, 3.8) is 0 Å². The fourth-order valence-electron chi connectivity index (χ4n) is 2.08. The third-order valence-corrected chi connectivity index (χ3v) is 3.06. The Balaban J connectivity index is 1.82. The molecule has 22 heavy (non-hydrogen) atoms. The second-order valence-corrected chi connectivity index (χ2v) is 5.53. The van der Waals surface area contributed by atoms with Crippen LogP contribution in [0.1, 0.15) is 20.3 Å². The average Bonchev–Trinajstić information content (AvgIpc) is 2.99. The molecule has 0 aliphatic carbocycles. The zero-order valence-electron chi connectivity index (χ0n) is 12.7. The Morgan fingerprint density at radius 1 is 1.32 bits per heavy atom. The van der Waals surface area contributed by atoms with E-state index in [9.17, 15) is 9.90 Å². The van der Waals surface area contributed by atoms with Crippen molar-refractivity contribution in [2.24, 2.45) is 5.92 Å². The first-order valence-electron chi connectivity index (χ1n) is 7.27. The second-order valence-electron chi connectivity index (χ2n) is 5.53. The van der Waals surface area contributed by atoms with E-state index in [1.165, 1.54) is 6.26 Å². The number of oxazole rings is 1. The number of aromatic nitrogens is 1. The highest BCUT2D eigenvalue weighted by atomic mass is 16.3. The van der Waals surface area contributed by atoms with Gasteiger partial charge in [0.15, 0.2) is 0 Å². The van der Waals surface area contributed by atoms with E-state index < -0.39 is 6.10 Å². The van der Waals surface area contributed by atoms with Gasteiger partial charge in [-0.3, -0.25) is 0 Å². The van der Waals surface area contributed by atoms with Crippen LogP contribution in [0, 0.1) is 5.92 Å². The van der Waals surface area contributed by atoms with Crippen LogP contribution in [0.2, 0.25) is 0 Å². The highest BCUT2D eigenvalue weighted by molar-refractivity contribution is 5.89. The number of hydrogen-bond acceptors (Lipinski definition) is 4. The average molecular weight is 303 g/mol. The van der Waals surface area contributed by atoms with Gasteiger partial charge in [-0.15, -0.1) is 0 Å². The van der Waals surface area contributed by atoms with Gasteiger partial charge in [-0.05, 0) is 36.6 Å². The molecule has 0 spiro atoms. The zero-order chi connectivity index (χ0) is 15.9. The Morgan fingerprint density at radius 2 is 2.05 bits per heavy atom. The molecule has 6 heteroatoms. The molecule has 2 aromatic rings. The smallest absolute Gasteiger partial charge is 0.319 e. The van der Waals surface area contributed by atoms with Gasteiger partial charge in [0.2, 0.25) is 5.89 Å². The van der Waals surface area contributed by atoms with Gasteiger partial charge in [0.25, 0.3) is 0 Å². The number of hydrogen-bond donors (Lipinski definition) is 3. The van der Waals surface area contributed by atoms with Crippen LogP contribution in [0.25, 0.3) is 11.5 Å². The standard InChI is InChI=1S/C16H21N3O3/c1-11(2)9-14(20)10-18-16(21)19-13-5-3-12(4-6-13)15-17-7-8-22-15/h3-8,11,14,20H,9-10H2,1-2H3,(H2,18,19,21). The molecule has 0 aliphatic heterocycles. The van der Waals surface area contributed by atoms with Crippen LogP contribution in [0.3, 0.4) is 0 Å². The maximum atomic E-state index is 11.8. The summed E-state index contributed by atoms with van der Waals surface area (Å²) in [6, 6.07) is 6.82. The monoisotopic (exact) mass is 303 g/mol. The van der Waals surface area contributed by atoms with Crippen LogP contribution in [0.5, 0.6) is 0 Å². The lowest BCUT2D eigenvalue weighted by atomic mass is 10.1. The zero-order valence-corrected chi connectivity index (χ0v) is 12.7. The molecule has 0 saturated heterocycles. The summed E-state index contributed by atoms with van der Waals surface area (Å²) < 4.78 is 5.20. The van der Waals surface area contributed by atoms with Gasteiger partial charge in [-0.1, -0.05) is 13.8 Å². The summed E-state index contributed by atoms with van der Waals surface area (Å²) in [5.41, 5.74) is 1.49. The highest BCUT2D eigenvalue weighted by Crippen LogP contribution is 2.19. The number of nitrogens with one attached hydrogen (secondary N) is 2. The molecule has 0 saturated carbocycles. The summed E-state index contributed by atoms with van der Waals surface area (Å²) in [6.07, 6.45) is 3.22. The lowest BCUT2D eigenvalue weighted by molar-refractivity contribution is 0.148. The lowest BCUT2D eigenvalue weighted by Gasteiger charge is -2.14. The van der Waals surface area contributed by atoms with E-state index in [4.69, 9.17) is 4.42 Å². The normalized spacial score (nSPS) is 12.2. The van der Waals surface area contributed by atoms with E-state index >= 15 is 0 Å². The topological polar surface area (TPSA) is 87.4 Å². The van der Waals surface area contributed by atoms with E-state index in [0.717, 1.165) is 5.56 Å². The van der Waals surface area contributed by atoms with Crippen molar-refractivity contribution in [1.82, 2.24) is 10.3 Å². The number of carbonyl (C=O) groups is 1. The first-order valence-corrected chi connectivity index (χ1v) is 7.27. The first-order chi connectivity index (χ1) is 10.5. The number of amides is 2. The third kappa shape index (κ3) is 4.89. The quantitative estimate of drug-likeness (QED) is 0.765. The first kappa shape index (κ1) is 16.0. The molecule has 2 rings (SSSR count). The summed E-state index contributed by atoms with van der Waals surface area (Å²) in [6.45, 7) is 4.29. The Kier molecular flexibility index (Phi) is 5.55. The van der Waals surface area contributed by atoms with Gasteiger partial charge in [-0.25, -0.2) is 9.78 Å². The number of aliphatic hydroxyl groups is 1. The van der Waals surface area contributed by atoms with E-state index in [1.807, 2.05) is 26.0 Å². The molecule has 0 fully saturated rings. The fraction of sp³-hybridized carbons (Fsp3) is 0.375. The molecule has 1 atom stereocenters. The number of nitrogens with zero attached hydrogens (tertiary/aromatic N) is 1. The minimum absolute atomic E-state index is 0.235. The number of benzene rings is 1. The summed E-state index contributed by atoms with van der Waals surface area (Å²) in [5, 5.41) is 15.1. The van der Waals surface area contributed by atoms with Crippen LogP contribution in [0.4, 0.5) is 10.5 Å². The molecule has 6 nitrogen and oxygen atoms in total. The molecule has 3 N–H and O–H groups in total. The molecule has 0 radical (unpaired) electrons. The molecule has 1 aromatic carbocycles. The van der Waals surface area contributed by atoms with Crippen molar-refractivity contribution in [3.05, 3.63) is 36.7 Å². The molecule has 0 aliphatic rings. The minimum atomic E-state index is -0.529. The Bertz CT molecular complexity index is 579. The summed E-state index contributed by atoms with van der Waals surface area (Å²) in [4.78, 5) is 15.8. The lowest BCUT2D eigenvalue weighted by Crippen LogP contribution is -2.35. The van der Waals surface area contributed by atoms with Crippen LogP contribution < -0.4 is 10.6 Å². The van der Waals surface area contributed by atoms with Gasteiger partial charge in [0.1, 0.15) is 6.26 Å². The molecular formula is C16H21N3O3. The van der Waals surface area contributed by atoms with Crippen molar-refractivity contribution in [1.29, 1.82) is 0 Å². The molecule has 1 unspecified atom stereocenters. The molecule has 2 amide bonds. The maximum Gasteiger partial charge on any atom is 0.319 e. The minimum Gasteiger partial charge on any atom is -0.445 e. The predicted octanol–water partition coefficient (Wildman–Crippen LogP) is 2.87. The van der Waals surface area contributed by atoms with E-state index in [-0.39, 0.29) is 12.6 Å². The van der Waals surface area contributed by atoms with Gasteiger partial charge in [0.05, 0.1) is 12.3 Å². The summed E-state index contributed by atoms with van der Waals surface area (Å²) in [7, 11) is 0. The van der Waals surface area contributed by atoms with Crippen molar-refractivity contribution in [2.45, 2.75) is 26.4 Å². The Labute approximate surface area is 129 Å². The number of urea groups is 1. The SMILES string of the molecule is CC(C)CC(O)CNC(=O)Nc1ccc(-c2ncco2)cc1. The largest absolute Gasteiger partial charge is 0.445 e. The number of aliphatic hydroxyl groups excluding tert-OH is 1. The van der Waals surface area contributed by atoms with Crippen molar-refractivity contribution in [3.8, 4) is 11.5 Å². The van der Waals surface area contributed by atoms with Gasteiger partial charge < -0.3 is 20.2 Å². The number of rotatable bonds is 6. The van der Waals surface area contributed by atoms with E-state index in [1.54, 1.807) is 18.3 Å². The molecule has 1 heterocycles. The van der Waals surface area contributed by atoms with Gasteiger partial charge >= 0.3 is 6.03 Å². The van der Waals surface area contributed by atoms with E-state index in [2.05, 4.69) is 15.6 Å². The van der Waals surface area contributed by atoms with Crippen molar-refractivity contribution < 1.29 is 14.3 Å². The van der Waals surface area contributed by atoms with Gasteiger partial charge in [-0.2, -0.15) is 0 Å². The predicted molar refractivity (Wildman–Crippen MR) is 84.4 cm³/mol. The Morgan fingerprint density at radius 3 is 2.64 bits per heavy atom. The fourth-order valence-corrected chi connectivity index (χ4v) is 2.08. The number of carbonyl (C=O) groups excluding carboxylic acids is 1. The third-order valence-electron chi connectivity index (χ3n) is 3.06. The van der Waals surface area contributed by atoms with Crippen LogP contribution >= 0.6 is 0 Å². The van der Waals surface area contributed by atoms with Crippen LogP contribution in [0.15, 0.2) is 41.1 Å². The van der Waals surface area contributed by atoms with Crippen LogP contribution in [-0.2, 0) is 0 Å².